The maximum absolute atomic E-state index is 13.7. The molecule has 1 N–H and O–H groups in total. The lowest BCUT2D eigenvalue weighted by molar-refractivity contribution is -0.970. The molecule has 156 valence electrons. The number of quaternary nitrogens is 1. The number of benzene rings is 1. The maximum Gasteiger partial charge on any atom is 0.338 e. The first kappa shape index (κ1) is 21.3. The van der Waals surface area contributed by atoms with Gasteiger partial charge >= 0.3 is 5.97 Å². The Labute approximate surface area is 173 Å². The average molecular weight is 399 g/mol. The molecular formula is C23H32N3O3+. The zero-order chi connectivity index (χ0) is 21.1. The van der Waals surface area contributed by atoms with Crippen molar-refractivity contribution < 1.29 is 18.8 Å². The van der Waals surface area contributed by atoms with E-state index in [2.05, 4.69) is 17.1 Å². The molecule has 1 amide bonds. The van der Waals surface area contributed by atoms with Crippen LogP contribution in [0.5, 0.6) is 0 Å². The van der Waals surface area contributed by atoms with Crippen LogP contribution in [-0.2, 0) is 9.53 Å². The topological polar surface area (TPSA) is 59.8 Å². The molecule has 1 saturated heterocycles. The van der Waals surface area contributed by atoms with E-state index in [4.69, 9.17) is 11.3 Å². The van der Waals surface area contributed by atoms with Crippen molar-refractivity contribution in [3.63, 3.8) is 0 Å². The number of methoxy groups -OCH3 is 1. The molecule has 1 aliphatic heterocycles. The molecule has 0 aromatic heterocycles. The van der Waals surface area contributed by atoms with Crippen molar-refractivity contribution in [3.05, 3.63) is 34.7 Å². The summed E-state index contributed by atoms with van der Waals surface area (Å²) in [5, 5.41) is 3.11. The van der Waals surface area contributed by atoms with Gasteiger partial charge in [-0.2, -0.15) is 0 Å². The van der Waals surface area contributed by atoms with Gasteiger partial charge in [0.15, 0.2) is 11.2 Å². The van der Waals surface area contributed by atoms with Gasteiger partial charge in [-0.25, -0.2) is 9.64 Å². The van der Waals surface area contributed by atoms with Gasteiger partial charge in [0.2, 0.25) is 0 Å². The van der Waals surface area contributed by atoms with Gasteiger partial charge in [0, 0.05) is 12.8 Å². The molecule has 1 aromatic rings. The highest BCUT2D eigenvalue weighted by Crippen LogP contribution is 2.46. The number of carbonyl (C=O) groups is 2. The summed E-state index contributed by atoms with van der Waals surface area (Å²) >= 11 is 0. The van der Waals surface area contributed by atoms with Crippen LogP contribution >= 0.6 is 0 Å². The fourth-order valence-corrected chi connectivity index (χ4v) is 5.27. The number of rotatable bonds is 5. The van der Waals surface area contributed by atoms with Crippen molar-refractivity contribution in [2.24, 2.45) is 0 Å². The molecule has 0 bridgehead atoms. The zero-order valence-corrected chi connectivity index (χ0v) is 17.8. The summed E-state index contributed by atoms with van der Waals surface area (Å²) in [4.78, 5) is 29.5. The van der Waals surface area contributed by atoms with Gasteiger partial charge in [-0.05, 0) is 57.6 Å². The molecule has 1 saturated carbocycles. The summed E-state index contributed by atoms with van der Waals surface area (Å²) < 4.78 is 5.77. The van der Waals surface area contributed by atoms with Gasteiger partial charge in [0.1, 0.15) is 0 Å². The number of nitrogens with one attached hydrogen (secondary N) is 1. The standard InChI is InChI=1S/C23H31N3O3/c1-5-26(13-8-6-7-9-14-26)23(11-10-12-23)22(28)25-20-17(2)15-18(24-3)16-19(20)21(27)29-4/h15-16H,5-14H2,1-2,4H3/p+1. The number of likely N-dealkylation sites (N-methyl/N-ethyl adjacent to an activating group) is 1. The van der Waals surface area contributed by atoms with Crippen molar-refractivity contribution in [3.8, 4) is 0 Å². The maximum atomic E-state index is 13.7. The lowest BCUT2D eigenvalue weighted by atomic mass is 9.72. The first-order valence-electron chi connectivity index (χ1n) is 10.7. The van der Waals surface area contributed by atoms with Crippen molar-refractivity contribution in [2.75, 3.05) is 32.1 Å². The predicted octanol–water partition coefficient (Wildman–Crippen LogP) is 4.60. The predicted molar refractivity (Wildman–Crippen MR) is 113 cm³/mol. The number of carbonyl (C=O) groups excluding carboxylic acids is 2. The summed E-state index contributed by atoms with van der Waals surface area (Å²) in [5.74, 6) is -0.526. The van der Waals surface area contributed by atoms with Crippen LogP contribution in [0, 0.1) is 13.5 Å². The quantitative estimate of drug-likeness (QED) is 0.448. The number of nitrogens with zero attached hydrogens (tertiary/aromatic N) is 2. The van der Waals surface area contributed by atoms with E-state index < -0.39 is 11.5 Å². The fraction of sp³-hybridized carbons (Fsp3) is 0.609. The SMILES string of the molecule is [C-]#[N+]c1cc(C)c(NC(=O)C2([N+]3(CC)CCCCCC3)CCC2)c(C(=O)OC)c1. The van der Waals surface area contributed by atoms with Crippen LogP contribution in [0.2, 0.25) is 0 Å². The van der Waals surface area contributed by atoms with Crippen LogP contribution in [0.25, 0.3) is 4.85 Å². The lowest BCUT2D eigenvalue weighted by Crippen LogP contribution is -2.72. The first-order valence-corrected chi connectivity index (χ1v) is 10.7. The Morgan fingerprint density at radius 3 is 2.31 bits per heavy atom. The highest BCUT2D eigenvalue weighted by molar-refractivity contribution is 6.05. The molecule has 0 spiro atoms. The van der Waals surface area contributed by atoms with Gasteiger partial charge < -0.3 is 14.5 Å². The van der Waals surface area contributed by atoms with Crippen molar-refractivity contribution in [2.45, 2.75) is 64.3 Å². The van der Waals surface area contributed by atoms with Gasteiger partial charge in [-0.15, -0.1) is 0 Å². The minimum absolute atomic E-state index is 0.0105. The summed E-state index contributed by atoms with van der Waals surface area (Å²) in [5.41, 5.74) is 1.38. The van der Waals surface area contributed by atoms with E-state index in [0.29, 0.717) is 16.9 Å². The largest absolute Gasteiger partial charge is 0.465 e. The minimum atomic E-state index is -0.536. The molecule has 0 atom stereocenters. The normalized spacial score (nSPS) is 19.9. The second kappa shape index (κ2) is 8.54. The number of ether oxygens (including phenoxy) is 1. The Morgan fingerprint density at radius 1 is 1.17 bits per heavy atom. The fourth-order valence-electron chi connectivity index (χ4n) is 5.27. The van der Waals surface area contributed by atoms with E-state index in [1.54, 1.807) is 6.07 Å². The summed E-state index contributed by atoms with van der Waals surface area (Å²) in [7, 11) is 1.32. The van der Waals surface area contributed by atoms with Gasteiger partial charge in [-0.3, -0.25) is 4.79 Å². The molecule has 3 rings (SSSR count). The van der Waals surface area contributed by atoms with E-state index in [1.165, 1.54) is 26.0 Å². The monoisotopic (exact) mass is 398 g/mol. The van der Waals surface area contributed by atoms with Gasteiger partial charge in [0.05, 0.1) is 44.6 Å². The van der Waals surface area contributed by atoms with E-state index in [0.717, 1.165) is 56.2 Å². The van der Waals surface area contributed by atoms with Crippen LogP contribution < -0.4 is 5.32 Å². The summed E-state index contributed by atoms with van der Waals surface area (Å²) in [6.45, 7) is 14.3. The van der Waals surface area contributed by atoms with Crippen LogP contribution in [0.15, 0.2) is 12.1 Å². The molecule has 0 radical (unpaired) electrons. The number of anilines is 1. The first-order chi connectivity index (χ1) is 13.9. The number of likely N-dealkylation sites (tertiary alicyclic amines) is 1. The Kier molecular flexibility index (Phi) is 6.28. The summed E-state index contributed by atoms with van der Waals surface area (Å²) in [6, 6.07) is 3.21. The third-order valence-corrected chi connectivity index (χ3v) is 7.13. The Balaban J connectivity index is 1.98. The molecule has 1 aromatic carbocycles. The second-order valence-corrected chi connectivity index (χ2v) is 8.45. The Bertz CT molecular complexity index is 829. The second-order valence-electron chi connectivity index (χ2n) is 8.45. The molecule has 1 aliphatic carbocycles. The van der Waals surface area contributed by atoms with E-state index >= 15 is 0 Å². The Morgan fingerprint density at radius 2 is 1.83 bits per heavy atom. The van der Waals surface area contributed by atoms with Gasteiger partial charge in [0.25, 0.3) is 5.91 Å². The molecule has 29 heavy (non-hydrogen) atoms. The minimum Gasteiger partial charge on any atom is -0.465 e. The molecule has 2 aliphatic rings. The van der Waals surface area contributed by atoms with E-state index in [-0.39, 0.29) is 11.5 Å². The smallest absolute Gasteiger partial charge is 0.338 e. The molecular weight excluding hydrogens is 366 g/mol. The highest BCUT2D eigenvalue weighted by Gasteiger charge is 2.59. The van der Waals surface area contributed by atoms with Crippen LogP contribution in [0.1, 0.15) is 67.8 Å². The molecule has 1 heterocycles. The highest BCUT2D eigenvalue weighted by atomic mass is 16.5. The van der Waals surface area contributed by atoms with E-state index in [9.17, 15) is 9.59 Å². The van der Waals surface area contributed by atoms with E-state index in [1.807, 2.05) is 6.92 Å². The zero-order valence-electron chi connectivity index (χ0n) is 17.8. The van der Waals surface area contributed by atoms with Crippen LogP contribution in [0.4, 0.5) is 11.4 Å². The number of amides is 1. The average Bonchev–Trinajstić information content (AvgIpc) is 2.94. The number of aryl methyl sites for hydroxylation is 1. The molecule has 6 nitrogen and oxygen atoms in total. The third kappa shape index (κ3) is 3.64. The third-order valence-electron chi connectivity index (χ3n) is 7.13. The summed E-state index contributed by atoms with van der Waals surface area (Å²) in [6.07, 6.45) is 7.64. The van der Waals surface area contributed by atoms with Crippen LogP contribution in [-0.4, -0.2) is 48.6 Å². The van der Waals surface area contributed by atoms with Crippen molar-refractivity contribution in [1.29, 1.82) is 0 Å². The molecule has 2 fully saturated rings. The Hall–Kier alpha value is -2.39. The number of esters is 1. The van der Waals surface area contributed by atoms with Crippen molar-refractivity contribution in [1.82, 2.24) is 0 Å². The number of hydrogen-bond donors (Lipinski definition) is 1. The molecule has 0 unspecified atom stereocenters. The lowest BCUT2D eigenvalue weighted by Gasteiger charge is -2.56. The van der Waals surface area contributed by atoms with Crippen LogP contribution in [0.3, 0.4) is 0 Å². The number of hydrogen-bond acceptors (Lipinski definition) is 3. The van der Waals surface area contributed by atoms with Crippen molar-refractivity contribution >= 4 is 23.3 Å². The van der Waals surface area contributed by atoms with Gasteiger partial charge in [-0.1, -0.05) is 6.07 Å². The molecule has 6 heteroatoms.